The SMILES string of the molecule is CCC(=O)CC(=O)c1ccccc1.[O-2].[Zn+2]. The van der Waals surface area contributed by atoms with E-state index < -0.39 is 0 Å². The average Bonchev–Trinajstić information content (AvgIpc) is 2.19. The molecule has 0 unspecified atom stereocenters. The van der Waals surface area contributed by atoms with Gasteiger partial charge in [0.1, 0.15) is 5.78 Å². The molecule has 0 aromatic heterocycles. The molecule has 0 N–H and O–H groups in total. The number of ketones is 2. The van der Waals surface area contributed by atoms with Gasteiger partial charge in [-0.05, 0) is 0 Å². The van der Waals surface area contributed by atoms with Gasteiger partial charge in [0.15, 0.2) is 5.78 Å². The normalized spacial score (nSPS) is 8.33. The molecule has 1 rings (SSSR count). The first kappa shape index (κ1) is 16.6. The minimum atomic E-state index is -0.0903. The summed E-state index contributed by atoms with van der Waals surface area (Å²) in [7, 11) is 0. The monoisotopic (exact) mass is 256 g/mol. The van der Waals surface area contributed by atoms with Gasteiger partial charge in [-0.3, -0.25) is 9.59 Å². The van der Waals surface area contributed by atoms with E-state index >= 15 is 0 Å². The van der Waals surface area contributed by atoms with Crippen LogP contribution in [-0.4, -0.2) is 11.6 Å². The number of hydrogen-bond donors (Lipinski definition) is 0. The molecule has 1 aromatic carbocycles. The van der Waals surface area contributed by atoms with Crippen LogP contribution in [-0.2, 0) is 29.7 Å². The summed E-state index contributed by atoms with van der Waals surface area (Å²) in [4.78, 5) is 22.4. The van der Waals surface area contributed by atoms with Crippen LogP contribution in [0, 0.1) is 0 Å². The van der Waals surface area contributed by atoms with Crippen molar-refractivity contribution in [2.75, 3.05) is 0 Å². The van der Waals surface area contributed by atoms with Crippen molar-refractivity contribution in [3.63, 3.8) is 0 Å². The van der Waals surface area contributed by atoms with E-state index in [1.165, 1.54) is 0 Å². The molecule has 0 amide bonds. The molecule has 0 saturated carbocycles. The Bertz CT molecular complexity index is 309. The summed E-state index contributed by atoms with van der Waals surface area (Å²) < 4.78 is 0. The van der Waals surface area contributed by atoms with Crippen molar-refractivity contribution in [1.29, 1.82) is 0 Å². The maximum absolute atomic E-state index is 11.4. The molecule has 0 fully saturated rings. The summed E-state index contributed by atoms with van der Waals surface area (Å²) in [6, 6.07) is 8.89. The number of rotatable bonds is 4. The van der Waals surface area contributed by atoms with Crippen LogP contribution < -0.4 is 0 Å². The molecule has 1 aromatic rings. The molecule has 0 heterocycles. The Morgan fingerprint density at radius 1 is 1.13 bits per heavy atom. The smallest absolute Gasteiger partial charge is 2.00 e. The minimum Gasteiger partial charge on any atom is -2.00 e. The standard InChI is InChI=1S/C11H12O2.O.Zn/c1-2-10(12)8-11(13)9-6-4-3-5-7-9;;/h3-7H,2,8H2,1H3;;/q;-2;+2. The molecule has 3 nitrogen and oxygen atoms in total. The zero-order valence-electron chi connectivity index (χ0n) is 8.73. The van der Waals surface area contributed by atoms with Crippen LogP contribution in [0.5, 0.6) is 0 Å². The maximum atomic E-state index is 11.4. The molecular weight excluding hydrogens is 246 g/mol. The van der Waals surface area contributed by atoms with Crippen molar-refractivity contribution in [3.8, 4) is 0 Å². The molecule has 15 heavy (non-hydrogen) atoms. The van der Waals surface area contributed by atoms with Crippen LogP contribution in [0.15, 0.2) is 30.3 Å². The van der Waals surface area contributed by atoms with Crippen LogP contribution in [0.2, 0.25) is 0 Å². The van der Waals surface area contributed by atoms with E-state index in [-0.39, 0.29) is 42.9 Å². The van der Waals surface area contributed by atoms with Crippen molar-refractivity contribution in [2.24, 2.45) is 0 Å². The fourth-order valence-corrected chi connectivity index (χ4v) is 1.03. The van der Waals surface area contributed by atoms with Gasteiger partial charge in [-0.1, -0.05) is 37.3 Å². The zero-order valence-corrected chi connectivity index (χ0v) is 11.7. The molecule has 0 saturated heterocycles. The summed E-state index contributed by atoms with van der Waals surface area (Å²) in [5.41, 5.74) is 0.615. The second kappa shape index (κ2) is 8.45. The van der Waals surface area contributed by atoms with Crippen molar-refractivity contribution in [2.45, 2.75) is 19.8 Å². The van der Waals surface area contributed by atoms with E-state index in [9.17, 15) is 9.59 Å². The Hall–Kier alpha value is -0.857. The van der Waals surface area contributed by atoms with Crippen LogP contribution >= 0.6 is 0 Å². The van der Waals surface area contributed by atoms with Gasteiger partial charge < -0.3 is 5.48 Å². The zero-order chi connectivity index (χ0) is 9.68. The van der Waals surface area contributed by atoms with E-state index in [1.54, 1.807) is 31.2 Å². The summed E-state index contributed by atoms with van der Waals surface area (Å²) in [6.07, 6.45) is 0.457. The van der Waals surface area contributed by atoms with E-state index in [1.807, 2.05) is 6.07 Å². The summed E-state index contributed by atoms with van der Waals surface area (Å²) in [5.74, 6) is -0.0960. The fourth-order valence-electron chi connectivity index (χ4n) is 1.03. The van der Waals surface area contributed by atoms with Crippen molar-refractivity contribution < 1.29 is 34.5 Å². The van der Waals surface area contributed by atoms with E-state index in [2.05, 4.69) is 0 Å². The maximum Gasteiger partial charge on any atom is 2.00 e. The molecule has 0 aliphatic carbocycles. The van der Waals surface area contributed by atoms with Gasteiger partial charge in [0.05, 0.1) is 6.42 Å². The summed E-state index contributed by atoms with van der Waals surface area (Å²) >= 11 is 0. The Labute approximate surface area is 102 Å². The summed E-state index contributed by atoms with van der Waals surface area (Å²) in [5, 5.41) is 0. The Morgan fingerprint density at radius 2 is 1.67 bits per heavy atom. The van der Waals surface area contributed by atoms with E-state index in [0.717, 1.165) is 0 Å². The van der Waals surface area contributed by atoms with Crippen LogP contribution in [0.25, 0.3) is 0 Å². The quantitative estimate of drug-likeness (QED) is 0.471. The molecule has 4 heteroatoms. The average molecular weight is 258 g/mol. The number of benzene rings is 1. The fraction of sp³-hybridized carbons (Fsp3) is 0.273. The Balaban J connectivity index is 0. The molecule has 0 bridgehead atoms. The molecule has 0 radical (unpaired) electrons. The third-order valence-corrected chi connectivity index (χ3v) is 1.85. The largest absolute Gasteiger partial charge is 2.00 e. The molecular formula is C11H12O3Zn. The Morgan fingerprint density at radius 3 is 2.13 bits per heavy atom. The number of hydrogen-bond acceptors (Lipinski definition) is 2. The van der Waals surface area contributed by atoms with E-state index in [0.29, 0.717) is 12.0 Å². The first-order valence-corrected chi connectivity index (χ1v) is 4.34. The van der Waals surface area contributed by atoms with Crippen LogP contribution in [0.3, 0.4) is 0 Å². The number of carbonyl (C=O) groups excluding carboxylic acids is 2. The van der Waals surface area contributed by atoms with Gasteiger partial charge in [-0.15, -0.1) is 0 Å². The minimum absolute atomic E-state index is 0. The van der Waals surface area contributed by atoms with Crippen molar-refractivity contribution >= 4 is 11.6 Å². The molecule has 0 spiro atoms. The van der Waals surface area contributed by atoms with Crippen molar-refractivity contribution in [1.82, 2.24) is 0 Å². The van der Waals surface area contributed by atoms with Gasteiger partial charge in [-0.25, -0.2) is 0 Å². The van der Waals surface area contributed by atoms with Crippen LogP contribution in [0.4, 0.5) is 0 Å². The van der Waals surface area contributed by atoms with Crippen molar-refractivity contribution in [3.05, 3.63) is 35.9 Å². The van der Waals surface area contributed by atoms with Gasteiger partial charge in [0.25, 0.3) is 0 Å². The predicted octanol–water partition coefficient (Wildman–Crippen LogP) is 2.12. The molecule has 0 aliphatic heterocycles. The number of Topliss-reactive ketones (excluding diaryl/α,β-unsaturated/α-hetero) is 2. The summed E-state index contributed by atoms with van der Waals surface area (Å²) in [6.45, 7) is 1.76. The molecule has 76 valence electrons. The second-order valence-electron chi connectivity index (χ2n) is 2.86. The first-order chi connectivity index (χ1) is 6.24. The first-order valence-electron chi connectivity index (χ1n) is 4.34. The predicted molar refractivity (Wildman–Crippen MR) is 51.4 cm³/mol. The van der Waals surface area contributed by atoms with E-state index in [4.69, 9.17) is 0 Å². The molecule has 0 atom stereocenters. The van der Waals surface area contributed by atoms with Gasteiger partial charge in [-0.2, -0.15) is 0 Å². The van der Waals surface area contributed by atoms with Crippen LogP contribution in [0.1, 0.15) is 30.1 Å². The van der Waals surface area contributed by atoms with Gasteiger partial charge in [0.2, 0.25) is 0 Å². The second-order valence-corrected chi connectivity index (χ2v) is 2.86. The van der Waals surface area contributed by atoms with Gasteiger partial charge in [0, 0.05) is 12.0 Å². The van der Waals surface area contributed by atoms with Gasteiger partial charge >= 0.3 is 19.5 Å². The third-order valence-electron chi connectivity index (χ3n) is 1.85. The topological polar surface area (TPSA) is 62.6 Å². The Kier molecular flexibility index (Phi) is 9.34. The molecule has 0 aliphatic rings. The number of carbonyl (C=O) groups is 2. The third kappa shape index (κ3) is 5.55.